The summed E-state index contributed by atoms with van der Waals surface area (Å²) >= 11 is 0. The Morgan fingerprint density at radius 1 is 0.870 bits per heavy atom. The van der Waals surface area contributed by atoms with Crippen molar-refractivity contribution in [3.63, 3.8) is 0 Å². The molecule has 0 aliphatic heterocycles. The zero-order chi connectivity index (χ0) is 16.8. The molecule has 2 amide bonds. The number of hydrogen-bond acceptors (Lipinski definition) is 2. The van der Waals surface area contributed by atoms with Gasteiger partial charge in [0.15, 0.2) is 0 Å². The Bertz CT molecular complexity index is 686. The lowest BCUT2D eigenvalue weighted by Gasteiger charge is -2.11. The van der Waals surface area contributed by atoms with Crippen molar-refractivity contribution < 1.29 is 9.59 Å². The molecule has 0 bridgehead atoms. The highest BCUT2D eigenvalue weighted by Crippen LogP contribution is 2.19. The number of para-hydroxylation sites is 1. The van der Waals surface area contributed by atoms with E-state index in [2.05, 4.69) is 10.6 Å². The van der Waals surface area contributed by atoms with E-state index in [9.17, 15) is 9.59 Å². The number of carbonyl (C=O) groups excluding carboxylic acids is 2. The van der Waals surface area contributed by atoms with E-state index >= 15 is 0 Å². The van der Waals surface area contributed by atoms with Crippen molar-refractivity contribution in [3.8, 4) is 0 Å². The van der Waals surface area contributed by atoms with Crippen molar-refractivity contribution >= 4 is 17.5 Å². The van der Waals surface area contributed by atoms with Crippen LogP contribution in [0.25, 0.3) is 0 Å². The molecule has 2 aromatic carbocycles. The van der Waals surface area contributed by atoms with Crippen LogP contribution in [0.3, 0.4) is 0 Å². The van der Waals surface area contributed by atoms with Crippen LogP contribution >= 0.6 is 0 Å². The number of anilines is 1. The first kappa shape index (κ1) is 16.7. The number of hydrogen-bond donors (Lipinski definition) is 2. The fourth-order valence-electron chi connectivity index (χ4n) is 2.31. The summed E-state index contributed by atoms with van der Waals surface area (Å²) in [4.78, 5) is 23.9. The molecule has 120 valence electrons. The maximum atomic E-state index is 12.0. The molecule has 2 N–H and O–H groups in total. The van der Waals surface area contributed by atoms with Crippen LogP contribution in [0.1, 0.15) is 28.7 Å². The van der Waals surface area contributed by atoms with Crippen LogP contribution in [0.5, 0.6) is 0 Å². The minimum absolute atomic E-state index is 0.181. The second kappa shape index (κ2) is 7.58. The summed E-state index contributed by atoms with van der Waals surface area (Å²) in [6.45, 7) is 6.30. The summed E-state index contributed by atoms with van der Waals surface area (Å²) in [5.74, 6) is -0.585. The number of amides is 2. The van der Waals surface area contributed by atoms with Gasteiger partial charge in [-0.1, -0.05) is 48.0 Å². The first-order valence-corrected chi connectivity index (χ1v) is 7.64. The number of nitrogens with one attached hydrogen (secondary N) is 2. The first-order chi connectivity index (χ1) is 11.0. The Hall–Kier alpha value is -2.62. The van der Waals surface area contributed by atoms with Crippen LogP contribution in [0.15, 0.2) is 42.5 Å². The number of carbonyl (C=O) groups is 2. The molecule has 4 heteroatoms. The standard InChI is InChI=1S/C19H22N2O2/c1-13-7-9-16(10-8-13)12-20-17(22)11-18(23)21-19-14(2)5-4-6-15(19)3/h4-10H,11-12H2,1-3H3,(H,20,22)(H,21,23). The third-order valence-electron chi connectivity index (χ3n) is 3.68. The Morgan fingerprint density at radius 3 is 2.09 bits per heavy atom. The van der Waals surface area contributed by atoms with Gasteiger partial charge < -0.3 is 10.6 Å². The Labute approximate surface area is 136 Å². The third-order valence-corrected chi connectivity index (χ3v) is 3.68. The number of benzene rings is 2. The van der Waals surface area contributed by atoms with E-state index < -0.39 is 0 Å². The first-order valence-electron chi connectivity index (χ1n) is 7.64. The van der Waals surface area contributed by atoms with Crippen LogP contribution in [0.2, 0.25) is 0 Å². The number of rotatable bonds is 5. The highest BCUT2D eigenvalue weighted by atomic mass is 16.2. The van der Waals surface area contributed by atoms with Gasteiger partial charge in [0.2, 0.25) is 11.8 Å². The van der Waals surface area contributed by atoms with E-state index in [-0.39, 0.29) is 18.2 Å². The molecule has 0 saturated heterocycles. The molecule has 4 nitrogen and oxygen atoms in total. The van der Waals surface area contributed by atoms with Crippen molar-refractivity contribution in [3.05, 3.63) is 64.7 Å². The van der Waals surface area contributed by atoms with Crippen LogP contribution in [0, 0.1) is 20.8 Å². The van der Waals surface area contributed by atoms with Crippen LogP contribution in [0.4, 0.5) is 5.69 Å². The zero-order valence-electron chi connectivity index (χ0n) is 13.8. The number of aryl methyl sites for hydroxylation is 3. The molecule has 0 heterocycles. The summed E-state index contributed by atoms with van der Waals surface area (Å²) in [6, 6.07) is 13.7. The highest BCUT2D eigenvalue weighted by Gasteiger charge is 2.11. The van der Waals surface area contributed by atoms with Gasteiger partial charge in [-0.2, -0.15) is 0 Å². The minimum atomic E-state index is -0.302. The fraction of sp³-hybridized carbons (Fsp3) is 0.263. The Kier molecular flexibility index (Phi) is 5.52. The van der Waals surface area contributed by atoms with Crippen molar-refractivity contribution in [1.29, 1.82) is 0 Å². The molecular weight excluding hydrogens is 288 g/mol. The van der Waals surface area contributed by atoms with Gasteiger partial charge in [0.25, 0.3) is 0 Å². The third kappa shape index (κ3) is 4.95. The summed E-state index contributed by atoms with van der Waals surface area (Å²) in [5, 5.41) is 5.58. The molecule has 0 atom stereocenters. The molecule has 0 spiro atoms. The quantitative estimate of drug-likeness (QED) is 0.833. The molecule has 0 fully saturated rings. The smallest absolute Gasteiger partial charge is 0.233 e. The molecule has 0 radical (unpaired) electrons. The molecule has 23 heavy (non-hydrogen) atoms. The topological polar surface area (TPSA) is 58.2 Å². The van der Waals surface area contributed by atoms with Gasteiger partial charge in [0.05, 0.1) is 0 Å². The van der Waals surface area contributed by atoms with Crippen LogP contribution in [-0.4, -0.2) is 11.8 Å². The Balaban J connectivity index is 1.85. The molecule has 0 aromatic heterocycles. The van der Waals surface area contributed by atoms with Crippen molar-refractivity contribution in [2.45, 2.75) is 33.7 Å². The van der Waals surface area contributed by atoms with Crippen LogP contribution < -0.4 is 10.6 Å². The van der Waals surface area contributed by atoms with E-state index in [4.69, 9.17) is 0 Å². The largest absolute Gasteiger partial charge is 0.352 e. The molecule has 0 saturated carbocycles. The summed E-state index contributed by atoms with van der Waals surface area (Å²) in [6.07, 6.45) is -0.181. The van der Waals surface area contributed by atoms with Gasteiger partial charge in [-0.3, -0.25) is 9.59 Å². The fourth-order valence-corrected chi connectivity index (χ4v) is 2.31. The van der Waals surface area contributed by atoms with Gasteiger partial charge in [0, 0.05) is 12.2 Å². The second-order valence-electron chi connectivity index (χ2n) is 5.75. The lowest BCUT2D eigenvalue weighted by Crippen LogP contribution is -2.28. The maximum absolute atomic E-state index is 12.0. The van der Waals surface area contributed by atoms with Crippen molar-refractivity contribution in [2.75, 3.05) is 5.32 Å². The summed E-state index contributed by atoms with van der Waals surface area (Å²) < 4.78 is 0. The summed E-state index contributed by atoms with van der Waals surface area (Å²) in [5.41, 5.74) is 4.94. The van der Waals surface area contributed by atoms with Crippen molar-refractivity contribution in [1.82, 2.24) is 5.32 Å². The van der Waals surface area contributed by atoms with E-state index in [0.717, 1.165) is 22.4 Å². The predicted octanol–water partition coefficient (Wildman–Crippen LogP) is 3.26. The van der Waals surface area contributed by atoms with Gasteiger partial charge in [0.1, 0.15) is 6.42 Å². The molecular formula is C19H22N2O2. The maximum Gasteiger partial charge on any atom is 0.233 e. The highest BCUT2D eigenvalue weighted by molar-refractivity contribution is 6.04. The molecule has 0 unspecified atom stereocenters. The van der Waals surface area contributed by atoms with E-state index in [1.54, 1.807) is 0 Å². The predicted molar refractivity (Wildman–Crippen MR) is 92.2 cm³/mol. The van der Waals surface area contributed by atoms with Crippen molar-refractivity contribution in [2.24, 2.45) is 0 Å². The van der Waals surface area contributed by atoms with Gasteiger partial charge in [-0.25, -0.2) is 0 Å². The van der Waals surface area contributed by atoms with Gasteiger partial charge in [-0.05, 0) is 37.5 Å². The normalized spacial score (nSPS) is 10.2. The molecule has 0 aliphatic carbocycles. The van der Waals surface area contributed by atoms with E-state index in [1.807, 2.05) is 63.2 Å². The zero-order valence-corrected chi connectivity index (χ0v) is 13.8. The second-order valence-corrected chi connectivity index (χ2v) is 5.75. The lowest BCUT2D eigenvalue weighted by atomic mass is 10.1. The van der Waals surface area contributed by atoms with Gasteiger partial charge in [-0.15, -0.1) is 0 Å². The average molecular weight is 310 g/mol. The average Bonchev–Trinajstić information content (AvgIpc) is 2.50. The Morgan fingerprint density at radius 2 is 1.48 bits per heavy atom. The van der Waals surface area contributed by atoms with E-state index in [1.165, 1.54) is 5.56 Å². The molecule has 2 aromatic rings. The van der Waals surface area contributed by atoms with Gasteiger partial charge >= 0.3 is 0 Å². The van der Waals surface area contributed by atoms with E-state index in [0.29, 0.717) is 6.54 Å². The van der Waals surface area contributed by atoms with Crippen LogP contribution in [-0.2, 0) is 16.1 Å². The monoisotopic (exact) mass is 310 g/mol. The SMILES string of the molecule is Cc1ccc(CNC(=O)CC(=O)Nc2c(C)cccc2C)cc1. The lowest BCUT2D eigenvalue weighted by molar-refractivity contribution is -0.126. The molecule has 0 aliphatic rings. The molecule has 2 rings (SSSR count). The summed E-state index contributed by atoms with van der Waals surface area (Å²) in [7, 11) is 0. The minimum Gasteiger partial charge on any atom is -0.352 e.